The molecular weight excluding hydrogens is 512 g/mol. The number of nitrogens with one attached hydrogen (secondary N) is 1. The van der Waals surface area contributed by atoms with E-state index in [4.69, 9.17) is 14.2 Å². The minimum absolute atomic E-state index is 0.604. The predicted molar refractivity (Wildman–Crippen MR) is 154 cm³/mol. The highest BCUT2D eigenvalue weighted by atomic mass is 32.2. The molecule has 1 aromatic carbocycles. The van der Waals surface area contributed by atoms with E-state index in [9.17, 15) is 0 Å². The molecule has 0 bridgehead atoms. The number of ether oxygens (including phenoxy) is 3. The molecule has 3 aliphatic heterocycles. The van der Waals surface area contributed by atoms with Gasteiger partial charge in [0, 0.05) is 63.3 Å². The van der Waals surface area contributed by atoms with Crippen LogP contribution in [0.5, 0.6) is 5.88 Å². The first-order valence-corrected chi connectivity index (χ1v) is 14.5. The summed E-state index contributed by atoms with van der Waals surface area (Å²) in [6.07, 6.45) is 3.71. The molecule has 9 nitrogen and oxygen atoms in total. The first-order chi connectivity index (χ1) is 19.2. The first kappa shape index (κ1) is 26.3. The molecule has 3 aromatic rings. The number of methoxy groups -OCH3 is 1. The topological polar surface area (TPSA) is 75.2 Å². The molecule has 3 aliphatic rings. The van der Waals surface area contributed by atoms with Crippen LogP contribution in [0, 0.1) is 0 Å². The normalized spacial score (nSPS) is 19.1. The zero-order valence-corrected chi connectivity index (χ0v) is 23.2. The maximum absolute atomic E-state index is 5.52. The van der Waals surface area contributed by atoms with Gasteiger partial charge in [0.2, 0.25) is 5.88 Å². The number of rotatable bonds is 9. The molecule has 0 aliphatic carbocycles. The lowest BCUT2D eigenvalue weighted by atomic mass is 10.1. The predicted octanol–water partition coefficient (Wildman–Crippen LogP) is 3.62. The fourth-order valence-electron chi connectivity index (χ4n) is 5.17. The molecular formula is C29H36N6O3S. The van der Waals surface area contributed by atoms with Crippen LogP contribution in [0.25, 0.3) is 11.3 Å². The number of anilines is 2. The van der Waals surface area contributed by atoms with Gasteiger partial charge in [-0.05, 0) is 35.7 Å². The molecule has 39 heavy (non-hydrogen) atoms. The minimum atomic E-state index is 0.604. The van der Waals surface area contributed by atoms with Crippen LogP contribution in [0.2, 0.25) is 0 Å². The molecule has 206 valence electrons. The average molecular weight is 549 g/mol. The summed E-state index contributed by atoms with van der Waals surface area (Å²) < 4.78 is 19.8. The van der Waals surface area contributed by atoms with Crippen molar-refractivity contribution in [1.29, 1.82) is 0 Å². The van der Waals surface area contributed by atoms with Crippen LogP contribution < -0.4 is 14.4 Å². The average Bonchev–Trinajstić information content (AvgIpc) is 2.97. The van der Waals surface area contributed by atoms with Gasteiger partial charge in [0.15, 0.2) is 0 Å². The lowest BCUT2D eigenvalue weighted by Crippen LogP contribution is -2.56. The molecule has 0 saturated carbocycles. The van der Waals surface area contributed by atoms with Gasteiger partial charge in [-0.15, -0.1) is 0 Å². The van der Waals surface area contributed by atoms with Gasteiger partial charge in [0.1, 0.15) is 0 Å². The lowest BCUT2D eigenvalue weighted by Gasteiger charge is -2.42. The smallest absolute Gasteiger partial charge is 0.229 e. The highest BCUT2D eigenvalue weighted by molar-refractivity contribution is 8.00. The van der Waals surface area contributed by atoms with Gasteiger partial charge in [-0.1, -0.05) is 24.3 Å². The molecule has 1 N–H and O–H groups in total. The molecule has 0 atom stereocenters. The van der Waals surface area contributed by atoms with Crippen molar-refractivity contribution in [3.63, 3.8) is 0 Å². The summed E-state index contributed by atoms with van der Waals surface area (Å²) in [6.45, 7) is 10.5. The van der Waals surface area contributed by atoms with E-state index in [1.807, 2.05) is 18.5 Å². The van der Waals surface area contributed by atoms with Crippen LogP contribution >= 0.6 is 11.9 Å². The van der Waals surface area contributed by atoms with Crippen molar-refractivity contribution in [3.8, 4) is 17.1 Å². The minimum Gasteiger partial charge on any atom is -0.480 e. The molecule has 0 spiro atoms. The summed E-state index contributed by atoms with van der Waals surface area (Å²) in [5.41, 5.74) is 5.44. The number of morpholine rings is 1. The number of nitrogens with zero attached hydrogens (tertiary/aromatic N) is 5. The lowest BCUT2D eigenvalue weighted by molar-refractivity contribution is -0.0774. The quantitative estimate of drug-likeness (QED) is 0.401. The van der Waals surface area contributed by atoms with Crippen molar-refractivity contribution in [2.75, 3.05) is 82.4 Å². The third kappa shape index (κ3) is 6.47. The Morgan fingerprint density at radius 1 is 0.949 bits per heavy atom. The highest BCUT2D eigenvalue weighted by Gasteiger charge is 2.28. The van der Waals surface area contributed by atoms with E-state index < -0.39 is 0 Å². The van der Waals surface area contributed by atoms with E-state index in [2.05, 4.69) is 65.8 Å². The Morgan fingerprint density at radius 2 is 1.74 bits per heavy atom. The summed E-state index contributed by atoms with van der Waals surface area (Å²) >= 11 is 1.50. The van der Waals surface area contributed by atoms with Crippen molar-refractivity contribution in [1.82, 2.24) is 19.8 Å². The Morgan fingerprint density at radius 3 is 2.46 bits per heavy atom. The fraction of sp³-hybridized carbons (Fsp3) is 0.448. The van der Waals surface area contributed by atoms with Crippen LogP contribution in [0.4, 0.5) is 11.4 Å². The van der Waals surface area contributed by atoms with Crippen LogP contribution in [-0.2, 0) is 16.0 Å². The van der Waals surface area contributed by atoms with E-state index in [0.29, 0.717) is 11.9 Å². The van der Waals surface area contributed by atoms with Gasteiger partial charge in [0.25, 0.3) is 0 Å². The number of benzene rings is 1. The Labute approximate surface area is 234 Å². The van der Waals surface area contributed by atoms with E-state index in [0.717, 1.165) is 99.8 Å². The van der Waals surface area contributed by atoms with Gasteiger partial charge in [-0.3, -0.25) is 14.8 Å². The van der Waals surface area contributed by atoms with Gasteiger partial charge in [-0.2, -0.15) is 0 Å². The van der Waals surface area contributed by atoms with E-state index >= 15 is 0 Å². The third-order valence-electron chi connectivity index (χ3n) is 7.61. The van der Waals surface area contributed by atoms with Crippen molar-refractivity contribution in [2.24, 2.45) is 0 Å². The zero-order chi connectivity index (χ0) is 26.4. The van der Waals surface area contributed by atoms with Crippen LogP contribution in [0.15, 0.2) is 59.8 Å². The number of hydrogen-bond donors (Lipinski definition) is 1. The van der Waals surface area contributed by atoms with Gasteiger partial charge in [0.05, 0.1) is 62.1 Å². The second kappa shape index (κ2) is 12.5. The Hall–Kier alpha value is -2.89. The Balaban J connectivity index is 1.06. The Bertz CT molecular complexity index is 1230. The van der Waals surface area contributed by atoms with Crippen LogP contribution in [0.1, 0.15) is 5.56 Å². The maximum atomic E-state index is 5.52. The van der Waals surface area contributed by atoms with Gasteiger partial charge < -0.3 is 23.8 Å². The number of piperazine rings is 1. The van der Waals surface area contributed by atoms with E-state index in [-0.39, 0.29) is 0 Å². The molecule has 2 aromatic heterocycles. The largest absolute Gasteiger partial charge is 0.480 e. The van der Waals surface area contributed by atoms with E-state index in [1.54, 1.807) is 7.11 Å². The SMILES string of the molecule is COc1ncc(N2CCOCC2)cc1SNc1ccnc(-c2ccc(CN3CCN(C4COC4)CC3)cc2)c1. The summed E-state index contributed by atoms with van der Waals surface area (Å²) in [5, 5.41) is 0. The molecule has 3 saturated heterocycles. The summed E-state index contributed by atoms with van der Waals surface area (Å²) in [4.78, 5) is 17.5. The molecule has 6 rings (SSSR count). The van der Waals surface area contributed by atoms with Crippen molar-refractivity contribution >= 4 is 23.3 Å². The van der Waals surface area contributed by atoms with Gasteiger partial charge in [-0.25, -0.2) is 4.98 Å². The standard InChI is InChI=1S/C29H36N6O3S/c1-36-29-28(17-25(18-31-29)35-12-14-37-15-13-35)39-32-24-6-7-30-27(16-24)23-4-2-22(3-5-23)19-33-8-10-34(11-9-33)26-20-38-21-26/h2-7,16-18,26H,8-15,19-21H2,1H3,(H,30,32). The van der Waals surface area contributed by atoms with Crippen molar-refractivity contribution in [2.45, 2.75) is 17.5 Å². The second-order valence-electron chi connectivity index (χ2n) is 10.1. The zero-order valence-electron chi connectivity index (χ0n) is 22.4. The number of pyridine rings is 2. The van der Waals surface area contributed by atoms with Crippen molar-refractivity contribution in [3.05, 3.63) is 60.4 Å². The number of aromatic nitrogens is 2. The monoisotopic (exact) mass is 548 g/mol. The Kier molecular flexibility index (Phi) is 8.46. The highest BCUT2D eigenvalue weighted by Crippen LogP contribution is 2.33. The molecule has 0 unspecified atom stereocenters. The third-order valence-corrected chi connectivity index (χ3v) is 8.46. The van der Waals surface area contributed by atoms with Gasteiger partial charge >= 0.3 is 0 Å². The molecule has 0 radical (unpaired) electrons. The van der Waals surface area contributed by atoms with Crippen molar-refractivity contribution < 1.29 is 14.2 Å². The van der Waals surface area contributed by atoms with Crippen LogP contribution in [0.3, 0.4) is 0 Å². The number of hydrogen-bond acceptors (Lipinski definition) is 10. The summed E-state index contributed by atoms with van der Waals surface area (Å²) in [7, 11) is 1.65. The molecule has 0 amide bonds. The van der Waals surface area contributed by atoms with Crippen LogP contribution in [-0.4, -0.2) is 98.6 Å². The van der Waals surface area contributed by atoms with E-state index in [1.165, 1.54) is 17.5 Å². The summed E-state index contributed by atoms with van der Waals surface area (Å²) in [6, 6.07) is 15.6. The molecule has 3 fully saturated rings. The first-order valence-electron chi connectivity index (χ1n) is 13.6. The summed E-state index contributed by atoms with van der Waals surface area (Å²) in [5.74, 6) is 0.604. The maximum Gasteiger partial charge on any atom is 0.229 e. The second-order valence-corrected chi connectivity index (χ2v) is 11.0. The molecule has 5 heterocycles. The molecule has 10 heteroatoms. The fourth-order valence-corrected chi connectivity index (χ4v) is 5.93.